The zero-order chi connectivity index (χ0) is 17.8. The Kier molecular flexibility index (Phi) is 5.24. The third-order valence-corrected chi connectivity index (χ3v) is 4.27. The molecule has 1 aliphatic heterocycles. The zero-order valence-corrected chi connectivity index (χ0v) is 14.6. The van der Waals surface area contributed by atoms with Gasteiger partial charge in [-0.3, -0.25) is 9.59 Å². The highest BCUT2D eigenvalue weighted by atomic mass is 35.5. The largest absolute Gasteiger partial charge is 0.484 e. The van der Waals surface area contributed by atoms with Crippen molar-refractivity contribution in [2.45, 2.75) is 19.4 Å². The summed E-state index contributed by atoms with van der Waals surface area (Å²) < 4.78 is 5.46. The van der Waals surface area contributed by atoms with Crippen molar-refractivity contribution >= 4 is 29.1 Å². The van der Waals surface area contributed by atoms with E-state index in [1.54, 1.807) is 29.2 Å². The predicted molar refractivity (Wildman–Crippen MR) is 97.0 cm³/mol. The molecular weight excluding hydrogens is 340 g/mol. The van der Waals surface area contributed by atoms with Gasteiger partial charge in [0.25, 0.3) is 5.91 Å². The number of hydrogen-bond donors (Lipinski definition) is 1. The average Bonchev–Trinajstić information content (AvgIpc) is 2.95. The number of carbonyl (C=O) groups is 2. The summed E-state index contributed by atoms with van der Waals surface area (Å²) in [5.41, 5.74) is 1.91. The van der Waals surface area contributed by atoms with Crippen LogP contribution in [0.1, 0.15) is 12.0 Å². The molecule has 1 unspecified atom stereocenters. The normalized spacial score (nSPS) is 16.8. The van der Waals surface area contributed by atoms with Gasteiger partial charge in [-0.05, 0) is 43.3 Å². The van der Waals surface area contributed by atoms with Gasteiger partial charge in [0.05, 0.1) is 6.04 Å². The van der Waals surface area contributed by atoms with Gasteiger partial charge in [-0.15, -0.1) is 0 Å². The molecule has 0 aromatic heterocycles. The van der Waals surface area contributed by atoms with Crippen molar-refractivity contribution in [1.82, 2.24) is 5.32 Å². The lowest BCUT2D eigenvalue weighted by molar-refractivity contribution is -0.123. The molecule has 1 aliphatic rings. The molecule has 1 atom stereocenters. The molecule has 0 spiro atoms. The number of benzene rings is 2. The van der Waals surface area contributed by atoms with Gasteiger partial charge in [0.2, 0.25) is 5.91 Å². The highest BCUT2D eigenvalue weighted by Gasteiger charge is 2.31. The Bertz CT molecular complexity index is 759. The van der Waals surface area contributed by atoms with Crippen LogP contribution in [0, 0.1) is 6.92 Å². The molecule has 2 amide bonds. The van der Waals surface area contributed by atoms with Crippen molar-refractivity contribution in [2.24, 2.45) is 0 Å². The first-order valence-electron chi connectivity index (χ1n) is 8.06. The molecule has 1 heterocycles. The number of nitrogens with zero attached hydrogens (tertiary/aromatic N) is 1. The number of nitrogens with one attached hydrogen (secondary N) is 1. The Morgan fingerprint density at radius 1 is 1.20 bits per heavy atom. The van der Waals surface area contributed by atoms with E-state index in [-0.39, 0.29) is 30.9 Å². The Morgan fingerprint density at radius 2 is 1.88 bits per heavy atom. The topological polar surface area (TPSA) is 58.6 Å². The fourth-order valence-corrected chi connectivity index (χ4v) is 2.85. The fraction of sp³-hybridized carbons (Fsp3) is 0.263. The van der Waals surface area contributed by atoms with Crippen molar-refractivity contribution in [2.75, 3.05) is 18.1 Å². The summed E-state index contributed by atoms with van der Waals surface area (Å²) in [5, 5.41) is 3.47. The standard InChI is InChI=1S/C19H19ClN2O3/c1-13-2-8-17(9-3-13)25-12-18(23)21-15-10-19(24)22(11-15)16-6-4-14(20)5-7-16/h2-9,15H,10-12H2,1H3,(H,21,23). The zero-order valence-electron chi connectivity index (χ0n) is 13.9. The summed E-state index contributed by atoms with van der Waals surface area (Å²) in [5.74, 6) is 0.384. The van der Waals surface area contributed by atoms with Gasteiger partial charge in [0, 0.05) is 23.7 Å². The van der Waals surface area contributed by atoms with Gasteiger partial charge in [0.15, 0.2) is 6.61 Å². The van der Waals surface area contributed by atoms with Crippen molar-refractivity contribution in [3.8, 4) is 5.75 Å². The van der Waals surface area contributed by atoms with Crippen LogP contribution in [0.3, 0.4) is 0 Å². The van der Waals surface area contributed by atoms with Crippen LogP contribution in [-0.4, -0.2) is 31.0 Å². The molecule has 5 nitrogen and oxygen atoms in total. The fourth-order valence-electron chi connectivity index (χ4n) is 2.73. The monoisotopic (exact) mass is 358 g/mol. The lowest BCUT2D eigenvalue weighted by atomic mass is 10.2. The van der Waals surface area contributed by atoms with Gasteiger partial charge in [-0.1, -0.05) is 29.3 Å². The van der Waals surface area contributed by atoms with Gasteiger partial charge in [-0.2, -0.15) is 0 Å². The van der Waals surface area contributed by atoms with Crippen LogP contribution in [0.4, 0.5) is 5.69 Å². The summed E-state index contributed by atoms with van der Waals surface area (Å²) in [6.45, 7) is 2.35. The minimum absolute atomic E-state index is 0.0212. The van der Waals surface area contributed by atoms with Crippen LogP contribution >= 0.6 is 11.6 Å². The van der Waals surface area contributed by atoms with E-state index in [0.29, 0.717) is 17.3 Å². The van der Waals surface area contributed by atoms with E-state index in [4.69, 9.17) is 16.3 Å². The number of ether oxygens (including phenoxy) is 1. The smallest absolute Gasteiger partial charge is 0.258 e. The molecule has 0 radical (unpaired) electrons. The second-order valence-electron chi connectivity index (χ2n) is 6.05. The third kappa shape index (κ3) is 4.51. The summed E-state index contributed by atoms with van der Waals surface area (Å²) in [7, 11) is 0. The Hall–Kier alpha value is -2.53. The highest BCUT2D eigenvalue weighted by Crippen LogP contribution is 2.23. The first-order chi connectivity index (χ1) is 12.0. The number of rotatable bonds is 5. The van der Waals surface area contributed by atoms with Crippen molar-refractivity contribution in [3.63, 3.8) is 0 Å². The maximum absolute atomic E-state index is 12.2. The van der Waals surface area contributed by atoms with E-state index >= 15 is 0 Å². The summed E-state index contributed by atoms with van der Waals surface area (Å²) in [6.07, 6.45) is 0.277. The number of anilines is 1. The quantitative estimate of drug-likeness (QED) is 0.894. The van der Waals surface area contributed by atoms with E-state index in [9.17, 15) is 9.59 Å². The molecule has 0 bridgehead atoms. The second-order valence-corrected chi connectivity index (χ2v) is 6.49. The Morgan fingerprint density at radius 3 is 2.56 bits per heavy atom. The van der Waals surface area contributed by atoms with E-state index in [1.165, 1.54) is 0 Å². The van der Waals surface area contributed by atoms with Crippen LogP contribution in [0.5, 0.6) is 5.75 Å². The van der Waals surface area contributed by atoms with Gasteiger partial charge in [0.1, 0.15) is 5.75 Å². The number of halogens is 1. The first-order valence-corrected chi connectivity index (χ1v) is 8.44. The molecule has 130 valence electrons. The van der Waals surface area contributed by atoms with Gasteiger partial charge < -0.3 is 15.0 Å². The van der Waals surface area contributed by atoms with E-state index in [0.717, 1.165) is 11.3 Å². The molecular formula is C19H19ClN2O3. The Labute approximate surface area is 151 Å². The first kappa shape index (κ1) is 17.3. The third-order valence-electron chi connectivity index (χ3n) is 4.02. The maximum atomic E-state index is 12.2. The van der Waals surface area contributed by atoms with Gasteiger partial charge >= 0.3 is 0 Å². The molecule has 2 aromatic carbocycles. The molecule has 1 N–H and O–H groups in total. The minimum Gasteiger partial charge on any atom is -0.484 e. The molecule has 1 fully saturated rings. The van der Waals surface area contributed by atoms with Crippen LogP contribution in [0.15, 0.2) is 48.5 Å². The average molecular weight is 359 g/mol. The van der Waals surface area contributed by atoms with E-state index in [1.807, 2.05) is 31.2 Å². The van der Waals surface area contributed by atoms with Crippen LogP contribution < -0.4 is 15.0 Å². The molecule has 25 heavy (non-hydrogen) atoms. The van der Waals surface area contributed by atoms with Crippen LogP contribution in [0.25, 0.3) is 0 Å². The van der Waals surface area contributed by atoms with Crippen molar-refractivity contribution in [3.05, 3.63) is 59.1 Å². The summed E-state index contributed by atoms with van der Waals surface area (Å²) in [4.78, 5) is 25.9. The molecule has 6 heteroatoms. The lowest BCUT2D eigenvalue weighted by Crippen LogP contribution is -2.39. The SMILES string of the molecule is Cc1ccc(OCC(=O)NC2CC(=O)N(c3ccc(Cl)cc3)C2)cc1. The number of aryl methyl sites for hydroxylation is 1. The van der Waals surface area contributed by atoms with E-state index < -0.39 is 0 Å². The summed E-state index contributed by atoms with van der Waals surface area (Å²) in [6, 6.07) is 14.3. The lowest BCUT2D eigenvalue weighted by Gasteiger charge is -2.17. The molecule has 2 aromatic rings. The maximum Gasteiger partial charge on any atom is 0.258 e. The highest BCUT2D eigenvalue weighted by molar-refractivity contribution is 6.30. The van der Waals surface area contributed by atoms with E-state index in [2.05, 4.69) is 5.32 Å². The second kappa shape index (κ2) is 7.57. The molecule has 1 saturated heterocycles. The number of hydrogen-bond acceptors (Lipinski definition) is 3. The molecule has 0 aliphatic carbocycles. The molecule has 3 rings (SSSR count). The minimum atomic E-state index is -0.240. The predicted octanol–water partition coefficient (Wildman–Crippen LogP) is 2.95. The van der Waals surface area contributed by atoms with Crippen LogP contribution in [0.2, 0.25) is 5.02 Å². The van der Waals surface area contributed by atoms with Crippen molar-refractivity contribution < 1.29 is 14.3 Å². The Balaban J connectivity index is 1.51. The molecule has 0 saturated carbocycles. The summed E-state index contributed by atoms with van der Waals surface area (Å²) >= 11 is 5.87. The van der Waals surface area contributed by atoms with Crippen molar-refractivity contribution in [1.29, 1.82) is 0 Å². The van der Waals surface area contributed by atoms with Gasteiger partial charge in [-0.25, -0.2) is 0 Å². The number of carbonyl (C=O) groups excluding carboxylic acids is 2. The van der Waals surface area contributed by atoms with Crippen LogP contribution in [-0.2, 0) is 9.59 Å². The number of amides is 2.